The lowest BCUT2D eigenvalue weighted by atomic mass is 10.1. The molecule has 2 aromatic carbocycles. The normalized spacial score (nSPS) is 17.1. The molecule has 1 aliphatic rings. The number of anilines is 1. The zero-order valence-electron chi connectivity index (χ0n) is 12.0. The Balaban J connectivity index is 1.73. The monoisotopic (exact) mass is 280 g/mol. The molecule has 0 radical (unpaired) electrons. The largest absolute Gasteiger partial charge is 0.477 e. The van der Waals surface area contributed by atoms with Gasteiger partial charge in [0.05, 0.1) is 12.2 Å². The highest BCUT2D eigenvalue weighted by atomic mass is 16.5. The van der Waals surface area contributed by atoms with Gasteiger partial charge in [-0.1, -0.05) is 18.2 Å². The Labute approximate surface area is 122 Å². The number of aryl methyl sites for hydroxylation is 2. The summed E-state index contributed by atoms with van der Waals surface area (Å²) in [5.41, 5.74) is 5.04. The predicted octanol–water partition coefficient (Wildman–Crippen LogP) is 3.99. The second kappa shape index (κ2) is 4.52. The minimum atomic E-state index is -0.202. The van der Waals surface area contributed by atoms with Crippen molar-refractivity contribution in [1.29, 1.82) is 0 Å². The Hall–Kier alpha value is -2.49. The summed E-state index contributed by atoms with van der Waals surface area (Å²) in [7, 11) is 0. The third-order valence-electron chi connectivity index (χ3n) is 3.75. The molecule has 1 atom stereocenters. The van der Waals surface area contributed by atoms with E-state index in [0.29, 0.717) is 12.4 Å². The van der Waals surface area contributed by atoms with Crippen LogP contribution in [0.25, 0.3) is 11.1 Å². The molecule has 0 saturated heterocycles. The third kappa shape index (κ3) is 2.03. The Bertz CT molecular complexity index is 823. The molecule has 1 N–H and O–H groups in total. The molecule has 106 valence electrons. The van der Waals surface area contributed by atoms with Crippen molar-refractivity contribution in [2.45, 2.75) is 20.0 Å². The van der Waals surface area contributed by atoms with Gasteiger partial charge in [-0.25, -0.2) is 4.98 Å². The van der Waals surface area contributed by atoms with Gasteiger partial charge in [-0.05, 0) is 43.2 Å². The topological polar surface area (TPSA) is 47.3 Å². The van der Waals surface area contributed by atoms with Gasteiger partial charge in [-0.3, -0.25) is 0 Å². The molecule has 0 amide bonds. The number of rotatable bonds is 1. The lowest BCUT2D eigenvalue weighted by molar-refractivity contribution is 0.177. The van der Waals surface area contributed by atoms with Crippen LogP contribution in [0.15, 0.2) is 40.8 Å². The lowest BCUT2D eigenvalue weighted by Crippen LogP contribution is -2.23. The molecule has 1 unspecified atom stereocenters. The molecule has 21 heavy (non-hydrogen) atoms. The van der Waals surface area contributed by atoms with E-state index in [2.05, 4.69) is 23.3 Å². The molecule has 3 aromatic rings. The highest BCUT2D eigenvalue weighted by Crippen LogP contribution is 2.34. The molecule has 0 aliphatic carbocycles. The van der Waals surface area contributed by atoms with Crippen LogP contribution in [0, 0.1) is 13.8 Å². The summed E-state index contributed by atoms with van der Waals surface area (Å²) in [5.74, 6) is 1.46. The standard InChI is InChI=1S/C17H16N2O2/c1-10-7-11(2)16-13(8-10)19-17(21-16)15-9-18-12-5-3-4-6-14(12)20-15/h3-8,15,18H,9H2,1-2H3. The Morgan fingerprint density at radius 1 is 1.19 bits per heavy atom. The molecule has 4 heteroatoms. The van der Waals surface area contributed by atoms with Crippen molar-refractivity contribution in [2.24, 2.45) is 0 Å². The maximum atomic E-state index is 6.00. The summed E-state index contributed by atoms with van der Waals surface area (Å²) in [4.78, 5) is 4.60. The highest BCUT2D eigenvalue weighted by Gasteiger charge is 2.25. The van der Waals surface area contributed by atoms with Crippen LogP contribution in [0.4, 0.5) is 5.69 Å². The van der Waals surface area contributed by atoms with Crippen molar-refractivity contribution in [2.75, 3.05) is 11.9 Å². The number of hydrogen-bond acceptors (Lipinski definition) is 4. The molecule has 0 bridgehead atoms. The molecule has 4 nitrogen and oxygen atoms in total. The fourth-order valence-electron chi connectivity index (χ4n) is 2.78. The van der Waals surface area contributed by atoms with Gasteiger partial charge in [0, 0.05) is 0 Å². The fraction of sp³-hybridized carbons (Fsp3) is 0.235. The van der Waals surface area contributed by atoms with Crippen molar-refractivity contribution in [3.05, 3.63) is 53.4 Å². The van der Waals surface area contributed by atoms with E-state index in [0.717, 1.165) is 28.1 Å². The van der Waals surface area contributed by atoms with Gasteiger partial charge in [-0.2, -0.15) is 0 Å². The average molecular weight is 280 g/mol. The van der Waals surface area contributed by atoms with Crippen LogP contribution in [0.1, 0.15) is 23.1 Å². The first kappa shape index (κ1) is 12.3. The fourth-order valence-corrected chi connectivity index (χ4v) is 2.78. The zero-order valence-corrected chi connectivity index (χ0v) is 12.0. The number of ether oxygens (including phenoxy) is 1. The predicted molar refractivity (Wildman–Crippen MR) is 81.8 cm³/mol. The molecule has 1 aromatic heterocycles. The molecular weight excluding hydrogens is 264 g/mol. The van der Waals surface area contributed by atoms with Crippen molar-refractivity contribution in [1.82, 2.24) is 4.98 Å². The van der Waals surface area contributed by atoms with Gasteiger partial charge in [0.2, 0.25) is 5.89 Å². The van der Waals surface area contributed by atoms with Crippen molar-refractivity contribution in [3.8, 4) is 5.75 Å². The van der Waals surface area contributed by atoms with E-state index >= 15 is 0 Å². The SMILES string of the molecule is Cc1cc(C)c2oc(C3CNc4ccccc4O3)nc2c1. The average Bonchev–Trinajstić information content (AvgIpc) is 2.91. The van der Waals surface area contributed by atoms with Gasteiger partial charge >= 0.3 is 0 Å². The molecule has 2 heterocycles. The molecule has 0 saturated carbocycles. The second-order valence-corrected chi connectivity index (χ2v) is 5.47. The molecule has 0 fully saturated rings. The van der Waals surface area contributed by atoms with E-state index in [1.807, 2.05) is 37.3 Å². The number of aromatic nitrogens is 1. The van der Waals surface area contributed by atoms with E-state index in [-0.39, 0.29) is 6.10 Å². The maximum absolute atomic E-state index is 6.00. The smallest absolute Gasteiger partial charge is 0.238 e. The lowest BCUT2D eigenvalue weighted by Gasteiger charge is -2.25. The van der Waals surface area contributed by atoms with Crippen molar-refractivity contribution in [3.63, 3.8) is 0 Å². The number of fused-ring (bicyclic) bond motifs is 2. The summed E-state index contributed by atoms with van der Waals surface area (Å²) in [5, 5.41) is 3.36. The minimum Gasteiger partial charge on any atom is -0.477 e. The quantitative estimate of drug-likeness (QED) is 0.732. The third-order valence-corrected chi connectivity index (χ3v) is 3.75. The number of hydrogen-bond donors (Lipinski definition) is 1. The number of nitrogens with one attached hydrogen (secondary N) is 1. The van der Waals surface area contributed by atoms with Crippen LogP contribution in [-0.4, -0.2) is 11.5 Å². The summed E-state index contributed by atoms with van der Waals surface area (Å²) >= 11 is 0. The first-order chi connectivity index (χ1) is 10.2. The first-order valence-electron chi connectivity index (χ1n) is 7.08. The summed E-state index contributed by atoms with van der Waals surface area (Å²) in [6.45, 7) is 4.76. The van der Waals surface area contributed by atoms with Crippen LogP contribution in [-0.2, 0) is 0 Å². The second-order valence-electron chi connectivity index (χ2n) is 5.47. The van der Waals surface area contributed by atoms with Gasteiger partial charge < -0.3 is 14.5 Å². The van der Waals surface area contributed by atoms with Crippen LogP contribution in [0.2, 0.25) is 0 Å². The molecule has 4 rings (SSSR count). The maximum Gasteiger partial charge on any atom is 0.238 e. The van der Waals surface area contributed by atoms with Crippen LogP contribution in [0.3, 0.4) is 0 Å². The Kier molecular flexibility index (Phi) is 2.64. The minimum absolute atomic E-state index is 0.202. The Morgan fingerprint density at radius 2 is 2.05 bits per heavy atom. The number of para-hydroxylation sites is 2. The van der Waals surface area contributed by atoms with Crippen molar-refractivity contribution < 1.29 is 9.15 Å². The Morgan fingerprint density at radius 3 is 2.95 bits per heavy atom. The van der Waals surface area contributed by atoms with Crippen molar-refractivity contribution >= 4 is 16.8 Å². The van der Waals surface area contributed by atoms with E-state index in [9.17, 15) is 0 Å². The van der Waals surface area contributed by atoms with Gasteiger partial charge in [0.15, 0.2) is 11.7 Å². The number of benzene rings is 2. The molecular formula is C17H16N2O2. The number of oxazole rings is 1. The first-order valence-corrected chi connectivity index (χ1v) is 7.08. The van der Waals surface area contributed by atoms with E-state index in [4.69, 9.17) is 9.15 Å². The molecule has 0 spiro atoms. The van der Waals surface area contributed by atoms with Crippen LogP contribution < -0.4 is 10.1 Å². The zero-order chi connectivity index (χ0) is 14.4. The van der Waals surface area contributed by atoms with Gasteiger partial charge in [0.25, 0.3) is 0 Å². The van der Waals surface area contributed by atoms with Crippen LogP contribution >= 0.6 is 0 Å². The number of nitrogens with zero attached hydrogens (tertiary/aromatic N) is 1. The van der Waals surface area contributed by atoms with Gasteiger partial charge in [0.1, 0.15) is 11.3 Å². The van der Waals surface area contributed by atoms with E-state index in [1.165, 1.54) is 5.56 Å². The molecule has 1 aliphatic heterocycles. The van der Waals surface area contributed by atoms with E-state index < -0.39 is 0 Å². The highest BCUT2D eigenvalue weighted by molar-refractivity contribution is 5.77. The van der Waals surface area contributed by atoms with E-state index in [1.54, 1.807) is 0 Å². The summed E-state index contributed by atoms with van der Waals surface area (Å²) in [6, 6.07) is 12.0. The summed E-state index contributed by atoms with van der Waals surface area (Å²) in [6.07, 6.45) is -0.202. The summed E-state index contributed by atoms with van der Waals surface area (Å²) < 4.78 is 11.9. The van der Waals surface area contributed by atoms with Gasteiger partial charge in [-0.15, -0.1) is 0 Å². The van der Waals surface area contributed by atoms with Crippen LogP contribution in [0.5, 0.6) is 5.75 Å².